The summed E-state index contributed by atoms with van der Waals surface area (Å²) in [5, 5.41) is 3.00. The van der Waals surface area contributed by atoms with Gasteiger partial charge >= 0.3 is 0 Å². The monoisotopic (exact) mass is 265 g/mol. The molecule has 0 aromatic carbocycles. The van der Waals surface area contributed by atoms with E-state index in [2.05, 4.69) is 39.3 Å². The molecular weight excluding hydrogens is 246 g/mol. The number of likely N-dealkylation sites (N-methyl/N-ethyl adjacent to an activating group) is 1. The highest BCUT2D eigenvalue weighted by molar-refractivity contribution is 7.11. The topological polar surface area (TPSA) is 66.0 Å². The lowest BCUT2D eigenvalue weighted by atomic mass is 10.3. The summed E-state index contributed by atoms with van der Waals surface area (Å²) in [5.41, 5.74) is 5.70. The molecule has 1 aromatic heterocycles. The molecule has 0 fully saturated rings. The minimum absolute atomic E-state index is 0.104. The maximum atomic E-state index is 5.70. The molecule has 1 aliphatic heterocycles. The highest BCUT2D eigenvalue weighted by Gasteiger charge is 2.14. The second kappa shape index (κ2) is 5.39. The number of hydrogen-bond acceptors (Lipinski definition) is 6. The summed E-state index contributed by atoms with van der Waals surface area (Å²) in [5.74, 6) is 1.23. The number of aliphatic imine (C=N–C) groups is 2. The molecular formula is C12H19N5S. The number of thiophene rings is 1. The van der Waals surface area contributed by atoms with Gasteiger partial charge < -0.3 is 10.6 Å². The fraction of sp³-hybridized carbons (Fsp3) is 0.500. The SMILES string of the molecule is Cc1ccc(CCN(C)C2=NC(C)N=C(N)N2)s1. The van der Waals surface area contributed by atoms with Gasteiger partial charge in [0.05, 0.1) is 0 Å². The highest BCUT2D eigenvalue weighted by Crippen LogP contribution is 2.15. The first kappa shape index (κ1) is 12.9. The molecule has 98 valence electrons. The van der Waals surface area contributed by atoms with Crippen molar-refractivity contribution >= 4 is 23.3 Å². The van der Waals surface area contributed by atoms with E-state index in [9.17, 15) is 0 Å². The Balaban J connectivity index is 1.90. The molecule has 1 aliphatic rings. The number of nitrogens with two attached hydrogens (primary N) is 1. The van der Waals surface area contributed by atoms with Crippen molar-refractivity contribution in [3.63, 3.8) is 0 Å². The van der Waals surface area contributed by atoms with Gasteiger partial charge in [0.15, 0.2) is 5.96 Å². The van der Waals surface area contributed by atoms with Gasteiger partial charge in [-0.3, -0.25) is 5.32 Å². The zero-order valence-corrected chi connectivity index (χ0v) is 11.8. The first-order chi connectivity index (χ1) is 8.54. The van der Waals surface area contributed by atoms with E-state index in [1.807, 2.05) is 25.3 Å². The van der Waals surface area contributed by atoms with Crippen molar-refractivity contribution < 1.29 is 0 Å². The lowest BCUT2D eigenvalue weighted by molar-refractivity contribution is 0.488. The molecule has 3 N–H and O–H groups in total. The van der Waals surface area contributed by atoms with E-state index < -0.39 is 0 Å². The van der Waals surface area contributed by atoms with Gasteiger partial charge in [-0.2, -0.15) is 0 Å². The minimum Gasteiger partial charge on any atom is -0.370 e. The maximum Gasteiger partial charge on any atom is 0.202 e. The maximum absolute atomic E-state index is 5.70. The average Bonchev–Trinajstić information content (AvgIpc) is 2.70. The van der Waals surface area contributed by atoms with Gasteiger partial charge in [-0.15, -0.1) is 11.3 Å². The first-order valence-electron chi connectivity index (χ1n) is 5.99. The van der Waals surface area contributed by atoms with E-state index in [1.54, 1.807) is 0 Å². The molecule has 5 nitrogen and oxygen atoms in total. The summed E-state index contributed by atoms with van der Waals surface area (Å²) in [6, 6.07) is 4.34. The number of nitrogens with one attached hydrogen (secondary N) is 1. The zero-order valence-electron chi connectivity index (χ0n) is 11.0. The van der Waals surface area contributed by atoms with Crippen molar-refractivity contribution in [1.29, 1.82) is 0 Å². The predicted octanol–water partition coefficient (Wildman–Crippen LogP) is 1.15. The molecule has 0 saturated heterocycles. The Hall–Kier alpha value is -1.56. The molecule has 0 bridgehead atoms. The fourth-order valence-corrected chi connectivity index (χ4v) is 2.66. The normalized spacial score (nSPS) is 18.9. The molecule has 0 saturated carbocycles. The summed E-state index contributed by atoms with van der Waals surface area (Å²) < 4.78 is 0. The molecule has 2 rings (SSSR count). The Morgan fingerprint density at radius 1 is 1.44 bits per heavy atom. The second-order valence-electron chi connectivity index (χ2n) is 4.41. The van der Waals surface area contributed by atoms with E-state index in [0.717, 1.165) is 18.9 Å². The lowest BCUT2D eigenvalue weighted by Crippen LogP contribution is -2.49. The Morgan fingerprint density at radius 2 is 2.22 bits per heavy atom. The van der Waals surface area contributed by atoms with Crippen LogP contribution in [-0.2, 0) is 6.42 Å². The van der Waals surface area contributed by atoms with E-state index in [1.165, 1.54) is 9.75 Å². The molecule has 1 aromatic rings. The summed E-state index contributed by atoms with van der Waals surface area (Å²) in [4.78, 5) is 13.3. The van der Waals surface area contributed by atoms with Gasteiger partial charge in [0.25, 0.3) is 0 Å². The number of rotatable bonds is 3. The van der Waals surface area contributed by atoms with Crippen molar-refractivity contribution in [2.45, 2.75) is 26.4 Å². The number of nitrogens with zero attached hydrogens (tertiary/aromatic N) is 3. The molecule has 18 heavy (non-hydrogen) atoms. The molecule has 1 unspecified atom stereocenters. The largest absolute Gasteiger partial charge is 0.370 e. The Bertz CT molecular complexity index is 477. The molecule has 2 heterocycles. The van der Waals surface area contributed by atoms with Crippen LogP contribution in [0.3, 0.4) is 0 Å². The summed E-state index contributed by atoms with van der Waals surface area (Å²) in [6.07, 6.45) is 0.911. The van der Waals surface area contributed by atoms with Crippen molar-refractivity contribution in [3.05, 3.63) is 21.9 Å². The number of guanidine groups is 2. The number of hydrogen-bond donors (Lipinski definition) is 2. The van der Waals surface area contributed by atoms with Gasteiger partial charge in [0.2, 0.25) is 5.96 Å². The molecule has 0 spiro atoms. The zero-order chi connectivity index (χ0) is 13.1. The second-order valence-corrected chi connectivity index (χ2v) is 5.78. The molecule has 0 radical (unpaired) electrons. The first-order valence-corrected chi connectivity index (χ1v) is 6.81. The van der Waals surface area contributed by atoms with Crippen LogP contribution >= 0.6 is 11.3 Å². The number of aryl methyl sites for hydroxylation is 1. The molecule has 0 amide bonds. The van der Waals surface area contributed by atoms with Crippen LogP contribution in [0.5, 0.6) is 0 Å². The van der Waals surface area contributed by atoms with Gasteiger partial charge in [0.1, 0.15) is 6.17 Å². The Morgan fingerprint density at radius 3 is 2.83 bits per heavy atom. The van der Waals surface area contributed by atoms with Crippen LogP contribution in [-0.4, -0.2) is 36.6 Å². The summed E-state index contributed by atoms with van der Waals surface area (Å²) in [6.45, 7) is 4.96. The van der Waals surface area contributed by atoms with Gasteiger partial charge in [-0.25, -0.2) is 9.98 Å². The third-order valence-electron chi connectivity index (χ3n) is 2.73. The van der Waals surface area contributed by atoms with Crippen LogP contribution in [0.15, 0.2) is 22.1 Å². The quantitative estimate of drug-likeness (QED) is 0.861. The fourth-order valence-electron chi connectivity index (χ4n) is 1.78. The average molecular weight is 265 g/mol. The van der Waals surface area contributed by atoms with Crippen LogP contribution in [0.1, 0.15) is 16.7 Å². The smallest absolute Gasteiger partial charge is 0.202 e. The molecule has 1 atom stereocenters. The van der Waals surface area contributed by atoms with Gasteiger partial charge in [-0.05, 0) is 32.4 Å². The van der Waals surface area contributed by atoms with E-state index in [-0.39, 0.29) is 6.17 Å². The molecule has 0 aliphatic carbocycles. The predicted molar refractivity (Wildman–Crippen MR) is 77.0 cm³/mol. The lowest BCUT2D eigenvalue weighted by Gasteiger charge is -2.25. The van der Waals surface area contributed by atoms with Crippen LogP contribution in [0, 0.1) is 6.92 Å². The molecule has 6 heteroatoms. The van der Waals surface area contributed by atoms with Crippen LogP contribution in [0.4, 0.5) is 0 Å². The minimum atomic E-state index is -0.104. The van der Waals surface area contributed by atoms with Crippen molar-refractivity contribution in [3.8, 4) is 0 Å². The van der Waals surface area contributed by atoms with Crippen molar-refractivity contribution in [2.24, 2.45) is 15.7 Å². The third kappa shape index (κ3) is 3.22. The standard InChI is InChI=1S/C12H19N5S/c1-8-4-5-10(18-8)6-7-17(3)12-15-9(2)14-11(13)16-12/h4-5,9H,6-7H2,1-3H3,(H3,13,14,15,16). The van der Waals surface area contributed by atoms with Crippen LogP contribution in [0.2, 0.25) is 0 Å². The van der Waals surface area contributed by atoms with E-state index in [4.69, 9.17) is 5.73 Å². The van der Waals surface area contributed by atoms with Crippen molar-refractivity contribution in [1.82, 2.24) is 10.2 Å². The van der Waals surface area contributed by atoms with E-state index in [0.29, 0.717) is 5.96 Å². The Kier molecular flexibility index (Phi) is 3.86. The third-order valence-corrected chi connectivity index (χ3v) is 3.79. The van der Waals surface area contributed by atoms with Crippen LogP contribution < -0.4 is 11.1 Å². The van der Waals surface area contributed by atoms with E-state index >= 15 is 0 Å². The summed E-state index contributed by atoms with van der Waals surface area (Å²) in [7, 11) is 2.01. The summed E-state index contributed by atoms with van der Waals surface area (Å²) >= 11 is 1.84. The van der Waals surface area contributed by atoms with Gasteiger partial charge in [-0.1, -0.05) is 0 Å². The van der Waals surface area contributed by atoms with Crippen molar-refractivity contribution in [2.75, 3.05) is 13.6 Å². The van der Waals surface area contributed by atoms with Gasteiger partial charge in [0, 0.05) is 23.3 Å². The van der Waals surface area contributed by atoms with Crippen LogP contribution in [0.25, 0.3) is 0 Å². The Labute approximate surface area is 111 Å². The highest BCUT2D eigenvalue weighted by atomic mass is 32.1.